The Morgan fingerprint density at radius 3 is 2.95 bits per heavy atom. The second-order valence-electron chi connectivity index (χ2n) is 4.72. The fourth-order valence-corrected chi connectivity index (χ4v) is 3.40. The molecule has 1 aromatic carbocycles. The molecule has 0 unspecified atom stereocenters. The lowest BCUT2D eigenvalue weighted by Gasteiger charge is -2.07. The largest absolute Gasteiger partial charge is 0.369 e. The zero-order chi connectivity index (χ0) is 13.4. The van der Waals surface area contributed by atoms with Crippen LogP contribution in [-0.4, -0.2) is 9.55 Å². The van der Waals surface area contributed by atoms with Crippen LogP contribution in [0.2, 0.25) is 0 Å². The third kappa shape index (κ3) is 2.02. The molecule has 2 N–H and O–H groups in total. The van der Waals surface area contributed by atoms with Gasteiger partial charge in [-0.05, 0) is 42.0 Å². The molecule has 0 spiro atoms. The highest BCUT2D eigenvalue weighted by Crippen LogP contribution is 2.25. The van der Waals surface area contributed by atoms with E-state index in [0.717, 1.165) is 24.0 Å². The zero-order valence-corrected chi connectivity index (χ0v) is 12.0. The summed E-state index contributed by atoms with van der Waals surface area (Å²) in [5, 5.41) is 2.15. The van der Waals surface area contributed by atoms with Crippen LogP contribution in [0.25, 0.3) is 11.0 Å². The summed E-state index contributed by atoms with van der Waals surface area (Å²) in [6.45, 7) is 5.07. The highest BCUT2D eigenvalue weighted by atomic mass is 32.1. The molecule has 98 valence electrons. The SMILES string of the molecule is CCc1ccsc1Cn1c(N)nc2c(C)cccc21. The number of para-hydroxylation sites is 1. The van der Waals surface area contributed by atoms with E-state index in [1.165, 1.54) is 16.0 Å². The summed E-state index contributed by atoms with van der Waals surface area (Å²) in [5.41, 5.74) is 10.8. The maximum absolute atomic E-state index is 6.09. The van der Waals surface area contributed by atoms with Gasteiger partial charge in [0.25, 0.3) is 0 Å². The second-order valence-corrected chi connectivity index (χ2v) is 5.72. The molecule has 0 aliphatic heterocycles. The molecule has 0 fully saturated rings. The average molecular weight is 271 g/mol. The Morgan fingerprint density at radius 1 is 1.32 bits per heavy atom. The number of imidazole rings is 1. The second kappa shape index (κ2) is 4.70. The standard InChI is InChI=1S/C15H17N3S/c1-3-11-7-8-19-13(11)9-18-12-6-4-5-10(2)14(12)17-15(18)16/h4-8H,3,9H2,1-2H3,(H2,16,17). The highest BCUT2D eigenvalue weighted by molar-refractivity contribution is 7.10. The Kier molecular flexibility index (Phi) is 3.03. The lowest BCUT2D eigenvalue weighted by atomic mass is 10.2. The molecule has 0 aliphatic carbocycles. The van der Waals surface area contributed by atoms with E-state index in [1.54, 1.807) is 11.3 Å². The van der Waals surface area contributed by atoms with Crippen LogP contribution < -0.4 is 5.73 Å². The third-order valence-corrected chi connectivity index (χ3v) is 4.48. The van der Waals surface area contributed by atoms with Gasteiger partial charge in [0.05, 0.1) is 17.6 Å². The van der Waals surface area contributed by atoms with Gasteiger partial charge in [-0.2, -0.15) is 0 Å². The molecule has 2 heterocycles. The minimum absolute atomic E-state index is 0.597. The number of hydrogen-bond acceptors (Lipinski definition) is 3. The fraction of sp³-hybridized carbons (Fsp3) is 0.267. The Bertz CT molecular complexity index is 724. The van der Waals surface area contributed by atoms with Gasteiger partial charge < -0.3 is 10.3 Å². The molecule has 19 heavy (non-hydrogen) atoms. The first-order valence-corrected chi connectivity index (χ1v) is 7.35. The number of nitrogens with zero attached hydrogens (tertiary/aromatic N) is 2. The minimum Gasteiger partial charge on any atom is -0.369 e. The van der Waals surface area contributed by atoms with Crippen molar-refractivity contribution < 1.29 is 0 Å². The van der Waals surface area contributed by atoms with Crippen LogP contribution in [0.4, 0.5) is 5.95 Å². The first-order chi connectivity index (χ1) is 9.20. The van der Waals surface area contributed by atoms with E-state index in [0.29, 0.717) is 5.95 Å². The summed E-state index contributed by atoms with van der Waals surface area (Å²) in [4.78, 5) is 5.86. The molecule has 4 heteroatoms. The number of nitrogen functional groups attached to an aromatic ring is 1. The van der Waals surface area contributed by atoms with Gasteiger partial charge in [-0.25, -0.2) is 4.98 Å². The van der Waals surface area contributed by atoms with Crippen LogP contribution in [0.3, 0.4) is 0 Å². The Hall–Kier alpha value is -1.81. The first kappa shape index (κ1) is 12.2. The third-order valence-electron chi connectivity index (χ3n) is 3.53. The first-order valence-electron chi connectivity index (χ1n) is 6.47. The summed E-state index contributed by atoms with van der Waals surface area (Å²) in [5.74, 6) is 0.597. The smallest absolute Gasteiger partial charge is 0.201 e. The van der Waals surface area contributed by atoms with Gasteiger partial charge in [-0.15, -0.1) is 11.3 Å². The van der Waals surface area contributed by atoms with Crippen LogP contribution in [-0.2, 0) is 13.0 Å². The molecule has 3 aromatic rings. The number of aromatic nitrogens is 2. The van der Waals surface area contributed by atoms with Crippen LogP contribution in [0.1, 0.15) is 22.9 Å². The van der Waals surface area contributed by atoms with E-state index in [-0.39, 0.29) is 0 Å². The lowest BCUT2D eigenvalue weighted by Crippen LogP contribution is -2.04. The van der Waals surface area contributed by atoms with Crippen LogP contribution in [0.5, 0.6) is 0 Å². The molecule has 0 saturated heterocycles. The Morgan fingerprint density at radius 2 is 2.16 bits per heavy atom. The highest BCUT2D eigenvalue weighted by Gasteiger charge is 2.12. The normalized spacial score (nSPS) is 11.3. The van der Waals surface area contributed by atoms with Gasteiger partial charge in [-0.3, -0.25) is 0 Å². The quantitative estimate of drug-likeness (QED) is 0.791. The molecule has 3 nitrogen and oxygen atoms in total. The minimum atomic E-state index is 0.597. The molecule has 0 amide bonds. The number of aryl methyl sites for hydroxylation is 2. The summed E-state index contributed by atoms with van der Waals surface area (Å²) < 4.78 is 2.10. The zero-order valence-electron chi connectivity index (χ0n) is 11.2. The molecule has 3 rings (SSSR count). The molecule has 0 radical (unpaired) electrons. The van der Waals surface area contributed by atoms with Gasteiger partial charge in [0.1, 0.15) is 0 Å². The van der Waals surface area contributed by atoms with Crippen molar-refractivity contribution in [2.75, 3.05) is 5.73 Å². The van der Waals surface area contributed by atoms with E-state index in [9.17, 15) is 0 Å². The maximum atomic E-state index is 6.09. The number of benzene rings is 1. The molecule has 0 aliphatic rings. The molecular weight excluding hydrogens is 254 g/mol. The topological polar surface area (TPSA) is 43.8 Å². The van der Waals surface area contributed by atoms with Crippen molar-refractivity contribution in [1.29, 1.82) is 0 Å². The van der Waals surface area contributed by atoms with Gasteiger partial charge in [0.2, 0.25) is 5.95 Å². The van der Waals surface area contributed by atoms with Crippen LogP contribution in [0, 0.1) is 6.92 Å². The lowest BCUT2D eigenvalue weighted by molar-refractivity contribution is 0.841. The predicted octanol–water partition coefficient (Wildman–Crippen LogP) is 3.60. The number of fused-ring (bicyclic) bond motifs is 1. The van der Waals surface area contributed by atoms with Crippen molar-refractivity contribution in [2.24, 2.45) is 0 Å². The summed E-state index contributed by atoms with van der Waals surface area (Å²) in [6, 6.07) is 8.41. The van der Waals surface area contributed by atoms with Crippen molar-refractivity contribution in [3.05, 3.63) is 45.6 Å². The monoisotopic (exact) mass is 271 g/mol. The predicted molar refractivity (Wildman–Crippen MR) is 81.7 cm³/mol. The molecule has 0 saturated carbocycles. The molecule has 0 atom stereocenters. The maximum Gasteiger partial charge on any atom is 0.201 e. The van der Waals surface area contributed by atoms with Crippen molar-refractivity contribution in [3.8, 4) is 0 Å². The van der Waals surface area contributed by atoms with Crippen LogP contribution >= 0.6 is 11.3 Å². The summed E-state index contributed by atoms with van der Waals surface area (Å²) >= 11 is 1.79. The van der Waals surface area contributed by atoms with Gasteiger partial charge >= 0.3 is 0 Å². The number of thiophene rings is 1. The van der Waals surface area contributed by atoms with Gasteiger partial charge in [-0.1, -0.05) is 19.1 Å². The van der Waals surface area contributed by atoms with Crippen LogP contribution in [0.15, 0.2) is 29.6 Å². The molecule has 2 aromatic heterocycles. The summed E-state index contributed by atoms with van der Waals surface area (Å²) in [7, 11) is 0. The Labute approximate surface area is 116 Å². The van der Waals surface area contributed by atoms with E-state index in [4.69, 9.17) is 5.73 Å². The van der Waals surface area contributed by atoms with Crippen molar-refractivity contribution in [3.63, 3.8) is 0 Å². The van der Waals surface area contributed by atoms with E-state index in [2.05, 4.69) is 53.0 Å². The number of rotatable bonds is 3. The summed E-state index contributed by atoms with van der Waals surface area (Å²) in [6.07, 6.45) is 1.06. The average Bonchev–Trinajstić information content (AvgIpc) is 2.97. The Balaban J connectivity index is 2.10. The van der Waals surface area contributed by atoms with Crippen molar-refractivity contribution in [2.45, 2.75) is 26.8 Å². The fourth-order valence-electron chi connectivity index (χ4n) is 2.44. The number of nitrogens with two attached hydrogens (primary N) is 1. The number of anilines is 1. The van der Waals surface area contributed by atoms with E-state index >= 15 is 0 Å². The van der Waals surface area contributed by atoms with Crippen molar-refractivity contribution in [1.82, 2.24) is 9.55 Å². The van der Waals surface area contributed by atoms with E-state index < -0.39 is 0 Å². The van der Waals surface area contributed by atoms with E-state index in [1.807, 2.05) is 0 Å². The molecule has 0 bridgehead atoms. The van der Waals surface area contributed by atoms with Gasteiger partial charge in [0.15, 0.2) is 0 Å². The van der Waals surface area contributed by atoms with Crippen molar-refractivity contribution >= 4 is 28.3 Å². The van der Waals surface area contributed by atoms with Gasteiger partial charge in [0, 0.05) is 4.88 Å². The molecular formula is C15H17N3S. The number of hydrogen-bond donors (Lipinski definition) is 1.